The Hall–Kier alpha value is -0.830. The Labute approximate surface area is 78.4 Å². The first-order chi connectivity index (χ1) is 6.09. The maximum Gasteiger partial charge on any atom is 0.330 e. The summed E-state index contributed by atoms with van der Waals surface area (Å²) in [7, 11) is 0. The van der Waals surface area contributed by atoms with Crippen molar-refractivity contribution in [2.45, 2.75) is 38.2 Å². The molecule has 1 fully saturated rings. The van der Waals surface area contributed by atoms with Crippen molar-refractivity contribution in [3.8, 4) is 0 Å². The van der Waals surface area contributed by atoms with E-state index in [0.717, 1.165) is 25.9 Å². The molecule has 1 saturated heterocycles. The molecule has 1 aliphatic heterocycles. The highest BCUT2D eigenvalue weighted by molar-refractivity contribution is 5.85. The van der Waals surface area contributed by atoms with Gasteiger partial charge in [0, 0.05) is 5.57 Å². The maximum atomic E-state index is 10.5. The highest BCUT2D eigenvalue weighted by Crippen LogP contribution is 2.37. The van der Waals surface area contributed by atoms with Gasteiger partial charge in [0.2, 0.25) is 0 Å². The number of carbonyl (C=O) groups is 1. The normalized spacial score (nSPS) is 25.6. The molecule has 0 spiro atoms. The van der Waals surface area contributed by atoms with E-state index in [1.54, 1.807) is 0 Å². The zero-order valence-corrected chi connectivity index (χ0v) is 8.01. The lowest BCUT2D eigenvalue weighted by Crippen LogP contribution is -2.12. The van der Waals surface area contributed by atoms with Gasteiger partial charge in [0.15, 0.2) is 0 Å². The molecule has 1 heterocycles. The van der Waals surface area contributed by atoms with Crippen LogP contribution < -0.4 is 0 Å². The standard InChI is InChI=1S/C10H16O3/c1-3-5-10(7-13-10)6-4-8(2)9(11)12/h2-7H2,1H3,(H,11,12). The van der Waals surface area contributed by atoms with Crippen LogP contribution in [0.4, 0.5) is 0 Å². The molecule has 0 amide bonds. The molecule has 1 aliphatic rings. The second kappa shape index (κ2) is 3.92. The molecular formula is C10H16O3. The van der Waals surface area contributed by atoms with Crippen molar-refractivity contribution in [1.82, 2.24) is 0 Å². The summed E-state index contributed by atoms with van der Waals surface area (Å²) in [5.74, 6) is -0.896. The number of hydrogen-bond donors (Lipinski definition) is 1. The van der Waals surface area contributed by atoms with Crippen molar-refractivity contribution >= 4 is 5.97 Å². The maximum absolute atomic E-state index is 10.5. The number of hydrogen-bond acceptors (Lipinski definition) is 2. The fourth-order valence-corrected chi connectivity index (χ4v) is 1.46. The fourth-order valence-electron chi connectivity index (χ4n) is 1.46. The van der Waals surface area contributed by atoms with E-state index < -0.39 is 5.97 Å². The van der Waals surface area contributed by atoms with Gasteiger partial charge < -0.3 is 9.84 Å². The molecule has 0 aromatic heterocycles. The molecule has 74 valence electrons. The van der Waals surface area contributed by atoms with Crippen LogP contribution in [0, 0.1) is 0 Å². The Balaban J connectivity index is 2.26. The van der Waals surface area contributed by atoms with Gasteiger partial charge in [-0.15, -0.1) is 0 Å². The van der Waals surface area contributed by atoms with Crippen LogP contribution in [0.3, 0.4) is 0 Å². The predicted octanol–water partition coefficient (Wildman–Crippen LogP) is 1.98. The van der Waals surface area contributed by atoms with Crippen LogP contribution in [0.15, 0.2) is 12.2 Å². The van der Waals surface area contributed by atoms with Crippen LogP contribution in [-0.4, -0.2) is 23.3 Å². The van der Waals surface area contributed by atoms with Gasteiger partial charge in [0.25, 0.3) is 0 Å². The molecule has 0 bridgehead atoms. The third-order valence-corrected chi connectivity index (χ3v) is 2.44. The minimum atomic E-state index is -0.896. The van der Waals surface area contributed by atoms with Gasteiger partial charge >= 0.3 is 5.97 Å². The van der Waals surface area contributed by atoms with Crippen molar-refractivity contribution in [2.75, 3.05) is 6.61 Å². The molecule has 0 aliphatic carbocycles. The molecular weight excluding hydrogens is 168 g/mol. The first kappa shape index (κ1) is 10.3. The van der Waals surface area contributed by atoms with Crippen LogP contribution in [0.25, 0.3) is 0 Å². The summed E-state index contributed by atoms with van der Waals surface area (Å²) in [6.45, 7) is 6.38. The third kappa shape index (κ3) is 2.84. The van der Waals surface area contributed by atoms with Gasteiger partial charge in [-0.25, -0.2) is 4.79 Å². The summed E-state index contributed by atoms with van der Waals surface area (Å²) in [4.78, 5) is 10.5. The number of aliphatic carboxylic acids is 1. The first-order valence-electron chi connectivity index (χ1n) is 4.65. The van der Waals surface area contributed by atoms with Crippen LogP contribution in [0.2, 0.25) is 0 Å². The summed E-state index contributed by atoms with van der Waals surface area (Å²) in [6, 6.07) is 0. The Bertz CT molecular complexity index is 216. The van der Waals surface area contributed by atoms with Gasteiger partial charge in [-0.05, 0) is 19.3 Å². The topological polar surface area (TPSA) is 49.8 Å². The average molecular weight is 184 g/mol. The second-order valence-electron chi connectivity index (χ2n) is 3.63. The van der Waals surface area contributed by atoms with E-state index in [2.05, 4.69) is 13.5 Å². The minimum Gasteiger partial charge on any atom is -0.478 e. The summed E-state index contributed by atoms with van der Waals surface area (Å²) in [5.41, 5.74) is 0.277. The number of rotatable bonds is 6. The number of carboxylic acid groups (broad SMARTS) is 1. The predicted molar refractivity (Wildman–Crippen MR) is 49.6 cm³/mol. The monoisotopic (exact) mass is 184 g/mol. The summed E-state index contributed by atoms with van der Waals surface area (Å²) >= 11 is 0. The molecule has 0 aromatic rings. The summed E-state index contributed by atoms with van der Waals surface area (Å²) in [5, 5.41) is 8.59. The first-order valence-corrected chi connectivity index (χ1v) is 4.65. The third-order valence-electron chi connectivity index (χ3n) is 2.44. The Kier molecular flexibility index (Phi) is 3.09. The molecule has 1 rings (SSSR count). The molecule has 3 heteroatoms. The number of epoxide rings is 1. The molecule has 1 N–H and O–H groups in total. The van der Waals surface area contributed by atoms with Crippen LogP contribution in [-0.2, 0) is 9.53 Å². The molecule has 0 radical (unpaired) electrons. The number of carboxylic acids is 1. The molecule has 3 nitrogen and oxygen atoms in total. The van der Waals surface area contributed by atoms with E-state index >= 15 is 0 Å². The van der Waals surface area contributed by atoms with Gasteiger partial charge in [-0.1, -0.05) is 19.9 Å². The summed E-state index contributed by atoms with van der Waals surface area (Å²) < 4.78 is 5.33. The van der Waals surface area contributed by atoms with Crippen LogP contribution in [0.5, 0.6) is 0 Å². The van der Waals surface area contributed by atoms with Gasteiger partial charge in [-0.2, -0.15) is 0 Å². The number of ether oxygens (including phenoxy) is 1. The van der Waals surface area contributed by atoms with Gasteiger partial charge in [0.1, 0.15) is 0 Å². The van der Waals surface area contributed by atoms with Crippen molar-refractivity contribution in [3.05, 3.63) is 12.2 Å². The highest BCUT2D eigenvalue weighted by atomic mass is 16.6. The lowest BCUT2D eigenvalue weighted by Gasteiger charge is -2.09. The zero-order chi connectivity index (χ0) is 9.90. The van der Waals surface area contributed by atoms with E-state index in [9.17, 15) is 4.79 Å². The molecule has 0 saturated carbocycles. The summed E-state index contributed by atoms with van der Waals surface area (Å²) in [6.07, 6.45) is 3.45. The Morgan fingerprint density at radius 1 is 1.62 bits per heavy atom. The van der Waals surface area contributed by atoms with Crippen molar-refractivity contribution in [1.29, 1.82) is 0 Å². The fraction of sp³-hybridized carbons (Fsp3) is 0.700. The van der Waals surface area contributed by atoms with Crippen LogP contribution >= 0.6 is 0 Å². The smallest absolute Gasteiger partial charge is 0.330 e. The molecule has 0 aromatic carbocycles. The second-order valence-corrected chi connectivity index (χ2v) is 3.63. The molecule has 1 unspecified atom stereocenters. The van der Waals surface area contributed by atoms with Crippen LogP contribution in [0.1, 0.15) is 32.6 Å². The largest absolute Gasteiger partial charge is 0.478 e. The van der Waals surface area contributed by atoms with Gasteiger partial charge in [0.05, 0.1) is 12.2 Å². The Morgan fingerprint density at radius 2 is 2.23 bits per heavy atom. The van der Waals surface area contributed by atoms with E-state index in [4.69, 9.17) is 9.84 Å². The van der Waals surface area contributed by atoms with E-state index in [1.165, 1.54) is 0 Å². The SMILES string of the molecule is C=C(CCC1(CCC)CO1)C(=O)O. The zero-order valence-electron chi connectivity index (χ0n) is 8.01. The lowest BCUT2D eigenvalue weighted by molar-refractivity contribution is -0.132. The van der Waals surface area contributed by atoms with E-state index in [1.807, 2.05) is 0 Å². The average Bonchev–Trinajstić information content (AvgIpc) is 2.82. The lowest BCUT2D eigenvalue weighted by atomic mass is 9.96. The highest BCUT2D eigenvalue weighted by Gasteiger charge is 2.43. The minimum absolute atomic E-state index is 0.00681. The van der Waals surface area contributed by atoms with Crippen molar-refractivity contribution in [2.24, 2.45) is 0 Å². The quantitative estimate of drug-likeness (QED) is 0.507. The van der Waals surface area contributed by atoms with Crippen molar-refractivity contribution in [3.63, 3.8) is 0 Å². The van der Waals surface area contributed by atoms with E-state index in [0.29, 0.717) is 6.42 Å². The molecule has 13 heavy (non-hydrogen) atoms. The van der Waals surface area contributed by atoms with E-state index in [-0.39, 0.29) is 11.2 Å². The van der Waals surface area contributed by atoms with Crippen molar-refractivity contribution < 1.29 is 14.6 Å². The molecule has 1 atom stereocenters. The van der Waals surface area contributed by atoms with Gasteiger partial charge in [-0.3, -0.25) is 0 Å². The Morgan fingerprint density at radius 3 is 2.62 bits per heavy atom.